The highest BCUT2D eigenvalue weighted by Crippen LogP contribution is 2.45. The minimum absolute atomic E-state index is 0.429. The van der Waals surface area contributed by atoms with Gasteiger partial charge in [0.05, 0.1) is 21.5 Å². The van der Waals surface area contributed by atoms with E-state index in [0.717, 1.165) is 83.4 Å². The van der Waals surface area contributed by atoms with E-state index in [1.54, 1.807) is 18.2 Å². The van der Waals surface area contributed by atoms with Gasteiger partial charge in [0.2, 0.25) is 0 Å². The average Bonchev–Trinajstić information content (AvgIpc) is 3.47. The van der Waals surface area contributed by atoms with E-state index in [1.807, 2.05) is 12.1 Å². The van der Waals surface area contributed by atoms with Crippen LogP contribution in [0.5, 0.6) is 0 Å². The molecule has 0 bridgehead atoms. The molecule has 9 heteroatoms. The van der Waals surface area contributed by atoms with Gasteiger partial charge in [-0.2, -0.15) is 0 Å². The summed E-state index contributed by atoms with van der Waals surface area (Å²) in [6.07, 6.45) is 38.3. The maximum Gasteiger partial charge on any atom is 0.159 e. The van der Waals surface area contributed by atoms with Crippen molar-refractivity contribution in [1.82, 2.24) is 0 Å². The molecule has 4 aromatic carbocycles. The molecule has 76 heavy (non-hydrogen) atoms. The molecule has 0 spiro atoms. The van der Waals surface area contributed by atoms with Gasteiger partial charge in [-0.3, -0.25) is 13.2 Å². The summed E-state index contributed by atoms with van der Waals surface area (Å²) in [5, 5.41) is 0. The number of unbranched alkanes of at least 4 members (excludes halogenated alkanes) is 6. The highest BCUT2D eigenvalue weighted by molar-refractivity contribution is 5.63. The summed E-state index contributed by atoms with van der Waals surface area (Å²) in [6, 6.07) is 21.3. The van der Waals surface area contributed by atoms with Gasteiger partial charge in [0, 0.05) is 0 Å². The summed E-state index contributed by atoms with van der Waals surface area (Å²) in [7, 11) is 1.50. The van der Waals surface area contributed by atoms with Crippen LogP contribution in [0.15, 0.2) is 78.9 Å². The van der Waals surface area contributed by atoms with Crippen LogP contribution in [0.1, 0.15) is 229 Å². The van der Waals surface area contributed by atoms with Crippen LogP contribution >= 0.6 is 0 Å². The molecule has 8 rings (SSSR count). The predicted molar refractivity (Wildman–Crippen MR) is 302 cm³/mol. The summed E-state index contributed by atoms with van der Waals surface area (Å²) in [4.78, 5) is 0. The monoisotopic (exact) mass is 1070 g/mol. The standard InChI is InChI=1S/C25H32F2.C20H28F2.C19H28F2.3CH3F/c1-2-3-4-5-6-7-19-8-10-20(11-9-19)21-12-14-22(15-13-21)23-16-17-24(26)25(27)18-23;1-2-14-3-5-15(6-4-14)16-7-9-17(10-8-16)18-11-12-19(21)20(22)13-18;1-2-3-4-5-15-6-8-16(9-7-15)10-11-17-12-13-18(20)19(21)14-17;3*1-2/h12-20H,2-11H2,1H3;11-17H,2-10H2,1H3;12-16H,2-11H2,1H3;3*1H3. The van der Waals surface area contributed by atoms with Crippen molar-refractivity contribution in [2.24, 2.45) is 35.5 Å². The molecule has 4 fully saturated rings. The molecular weight excluding hydrogens is 976 g/mol. The van der Waals surface area contributed by atoms with Gasteiger partial charge in [-0.15, -0.1) is 0 Å². The Morgan fingerprint density at radius 3 is 1.22 bits per heavy atom. The molecular formula is C67H97F9. The third-order valence-corrected chi connectivity index (χ3v) is 17.5. The van der Waals surface area contributed by atoms with E-state index < -0.39 is 34.9 Å². The summed E-state index contributed by atoms with van der Waals surface area (Å²) in [6.45, 7) is 6.85. The third-order valence-electron chi connectivity index (χ3n) is 17.5. The van der Waals surface area contributed by atoms with Crippen LogP contribution in [-0.4, -0.2) is 21.5 Å². The molecule has 428 valence electrons. The molecule has 4 saturated carbocycles. The number of hydrogen-bond acceptors (Lipinski definition) is 0. The van der Waals surface area contributed by atoms with Crippen molar-refractivity contribution in [1.29, 1.82) is 0 Å². The van der Waals surface area contributed by atoms with Crippen molar-refractivity contribution < 1.29 is 39.5 Å². The van der Waals surface area contributed by atoms with E-state index in [4.69, 9.17) is 0 Å². The van der Waals surface area contributed by atoms with Gasteiger partial charge < -0.3 is 0 Å². The van der Waals surface area contributed by atoms with Crippen LogP contribution in [0.25, 0.3) is 11.1 Å². The van der Waals surface area contributed by atoms with Crippen LogP contribution in [0.2, 0.25) is 0 Å². The number of hydrogen-bond donors (Lipinski definition) is 0. The molecule has 4 aliphatic carbocycles. The second-order valence-electron chi connectivity index (χ2n) is 22.3. The molecule has 0 aliphatic heterocycles. The summed E-state index contributed by atoms with van der Waals surface area (Å²) < 4.78 is 108. The average molecular weight is 1070 g/mol. The Hall–Kier alpha value is -3.75. The van der Waals surface area contributed by atoms with E-state index in [0.29, 0.717) is 33.4 Å². The first-order valence-corrected chi connectivity index (χ1v) is 29.6. The Morgan fingerprint density at radius 1 is 0.329 bits per heavy atom. The molecule has 0 N–H and O–H groups in total. The van der Waals surface area contributed by atoms with E-state index in [1.165, 1.54) is 202 Å². The number of rotatable bonds is 18. The first kappa shape index (κ1) is 66.5. The Morgan fingerprint density at radius 2 is 0.711 bits per heavy atom. The summed E-state index contributed by atoms with van der Waals surface area (Å²) in [5.74, 6) is 2.02. The topological polar surface area (TPSA) is 0 Å². The quantitative estimate of drug-likeness (QED) is 0.0688. The van der Waals surface area contributed by atoms with E-state index in [2.05, 4.69) is 32.9 Å². The SMILES string of the molecule is CCC1CCC(C2CCC(c3ccc(F)c(F)c3)CC2)CC1.CCCCCC1CCC(CCc2ccc(F)c(F)c2)CC1.CCCCCCCC1CCC(c2ccc(-c3ccc(F)c(F)c3)cc2)CC1.CF.CF.CF. The predicted octanol–water partition coefficient (Wildman–Crippen LogP) is 22.8. The van der Waals surface area contributed by atoms with E-state index >= 15 is 0 Å². The molecule has 0 saturated heterocycles. The van der Waals surface area contributed by atoms with Crippen molar-refractivity contribution >= 4 is 0 Å². The highest BCUT2D eigenvalue weighted by Gasteiger charge is 2.31. The fourth-order valence-corrected chi connectivity index (χ4v) is 12.8. The molecule has 0 amide bonds. The molecule has 0 unspecified atom stereocenters. The van der Waals surface area contributed by atoms with Crippen LogP contribution in [0.3, 0.4) is 0 Å². The van der Waals surface area contributed by atoms with Crippen molar-refractivity contribution in [2.45, 2.75) is 219 Å². The summed E-state index contributed by atoms with van der Waals surface area (Å²) >= 11 is 0. The zero-order chi connectivity index (χ0) is 55.7. The fraction of sp³-hybridized carbons (Fsp3) is 0.642. The minimum Gasteiger partial charge on any atom is -0.255 e. The zero-order valence-corrected chi connectivity index (χ0v) is 47.5. The van der Waals surface area contributed by atoms with Crippen molar-refractivity contribution in [3.05, 3.63) is 130 Å². The lowest BCUT2D eigenvalue weighted by atomic mass is 9.68. The lowest BCUT2D eigenvalue weighted by Crippen LogP contribution is -2.25. The first-order chi connectivity index (χ1) is 37.0. The van der Waals surface area contributed by atoms with Gasteiger partial charge in [-0.1, -0.05) is 172 Å². The second kappa shape index (κ2) is 38.8. The third kappa shape index (κ3) is 23.3. The molecule has 0 radical (unpaired) electrons. The first-order valence-electron chi connectivity index (χ1n) is 29.6. The number of alkyl halides is 3. The van der Waals surface area contributed by atoms with Crippen molar-refractivity contribution in [2.75, 3.05) is 21.5 Å². The van der Waals surface area contributed by atoms with Gasteiger partial charge in [-0.25, -0.2) is 26.3 Å². The Kier molecular flexibility index (Phi) is 33.9. The molecule has 0 nitrogen and oxygen atoms in total. The molecule has 0 atom stereocenters. The minimum atomic E-state index is -0.794. The largest absolute Gasteiger partial charge is 0.255 e. The lowest BCUT2D eigenvalue weighted by molar-refractivity contribution is 0.158. The Bertz CT molecular complexity index is 2070. The lowest BCUT2D eigenvalue weighted by Gasteiger charge is -2.38. The van der Waals surface area contributed by atoms with Gasteiger partial charge in [0.25, 0.3) is 0 Å². The van der Waals surface area contributed by atoms with Crippen LogP contribution in [-0.2, 0) is 6.42 Å². The molecule has 0 aromatic heterocycles. The number of aryl methyl sites for hydroxylation is 1. The number of benzene rings is 4. The highest BCUT2D eigenvalue weighted by atomic mass is 19.2. The fourth-order valence-electron chi connectivity index (χ4n) is 12.8. The van der Waals surface area contributed by atoms with Crippen LogP contribution < -0.4 is 0 Å². The van der Waals surface area contributed by atoms with E-state index in [-0.39, 0.29) is 0 Å². The van der Waals surface area contributed by atoms with Crippen molar-refractivity contribution in [3.8, 4) is 11.1 Å². The maximum absolute atomic E-state index is 13.4. The smallest absolute Gasteiger partial charge is 0.159 e. The van der Waals surface area contributed by atoms with Crippen molar-refractivity contribution in [3.63, 3.8) is 0 Å². The zero-order valence-electron chi connectivity index (χ0n) is 47.5. The van der Waals surface area contributed by atoms with Crippen LogP contribution in [0, 0.1) is 70.4 Å². The second-order valence-corrected chi connectivity index (χ2v) is 22.3. The van der Waals surface area contributed by atoms with Gasteiger partial charge >= 0.3 is 0 Å². The number of halogens is 9. The molecule has 0 heterocycles. The molecule has 4 aliphatic rings. The van der Waals surface area contributed by atoms with Crippen LogP contribution in [0.4, 0.5) is 39.5 Å². The van der Waals surface area contributed by atoms with E-state index in [9.17, 15) is 39.5 Å². The van der Waals surface area contributed by atoms with Gasteiger partial charge in [-0.05, 0) is 189 Å². The Labute approximate surface area is 455 Å². The normalized spacial score (nSPS) is 23.0. The Balaban J connectivity index is 0.000000288. The van der Waals surface area contributed by atoms with Gasteiger partial charge in [0.1, 0.15) is 0 Å². The molecule has 4 aromatic rings. The van der Waals surface area contributed by atoms with Gasteiger partial charge in [0.15, 0.2) is 34.9 Å². The maximum atomic E-state index is 13.4. The summed E-state index contributed by atoms with van der Waals surface area (Å²) in [5.41, 5.74) is 4.99.